The van der Waals surface area contributed by atoms with Crippen LogP contribution in [0.4, 0.5) is 0 Å². The maximum Gasteiger partial charge on any atom is 0.264 e. The van der Waals surface area contributed by atoms with Gasteiger partial charge in [-0.2, -0.15) is 0 Å². The van der Waals surface area contributed by atoms with Gasteiger partial charge in [-0.1, -0.05) is 17.7 Å². The number of hydrogen-bond donors (Lipinski definition) is 2. The fourth-order valence-electron chi connectivity index (χ4n) is 1.26. The first-order valence-corrected chi connectivity index (χ1v) is 6.82. The van der Waals surface area contributed by atoms with Gasteiger partial charge in [-0.15, -0.1) is 0 Å². The van der Waals surface area contributed by atoms with Crippen LogP contribution in [0.2, 0.25) is 0 Å². The minimum Gasteiger partial charge on any atom is -0.366 e. The Balaban J connectivity index is 2.95. The lowest BCUT2D eigenvalue weighted by atomic mass is 10.2. The standard InChI is InChI=1S/C12H14N2O4S/c1-8-3-5-10(6-4-8)19(17,18)14-12(16)9(2)7-11(13)15/h3-7H,1-2H3,(H2,13,15)(H,14,16)/b9-7+. The monoisotopic (exact) mass is 282 g/mol. The minimum atomic E-state index is -3.95. The van der Waals surface area contributed by atoms with Crippen LogP contribution >= 0.6 is 0 Å². The average molecular weight is 282 g/mol. The SMILES string of the molecule is C/C(=C\C(N)=O)C(=O)NS(=O)(=O)c1ccc(C)cc1. The molecule has 1 aromatic rings. The zero-order chi connectivity index (χ0) is 14.6. The minimum absolute atomic E-state index is 0.0293. The molecule has 102 valence electrons. The summed E-state index contributed by atoms with van der Waals surface area (Å²) in [4.78, 5) is 22.1. The van der Waals surface area contributed by atoms with Crippen molar-refractivity contribution in [3.8, 4) is 0 Å². The smallest absolute Gasteiger partial charge is 0.264 e. The lowest BCUT2D eigenvalue weighted by Gasteiger charge is -2.07. The Kier molecular flexibility index (Phi) is 4.44. The lowest BCUT2D eigenvalue weighted by molar-refractivity contribution is -0.117. The zero-order valence-corrected chi connectivity index (χ0v) is 11.3. The van der Waals surface area contributed by atoms with Crippen LogP contribution < -0.4 is 10.5 Å². The molecule has 3 N–H and O–H groups in total. The molecule has 1 aromatic carbocycles. The van der Waals surface area contributed by atoms with Crippen LogP contribution in [0.1, 0.15) is 12.5 Å². The van der Waals surface area contributed by atoms with E-state index in [-0.39, 0.29) is 10.5 Å². The second kappa shape index (κ2) is 5.66. The largest absolute Gasteiger partial charge is 0.366 e. The molecular formula is C12H14N2O4S. The third-order valence-electron chi connectivity index (χ3n) is 2.28. The molecule has 0 saturated heterocycles. The average Bonchev–Trinajstić information content (AvgIpc) is 2.27. The number of carbonyl (C=O) groups excluding carboxylic acids is 2. The number of carbonyl (C=O) groups is 2. The van der Waals surface area contributed by atoms with Crippen molar-refractivity contribution >= 4 is 21.8 Å². The van der Waals surface area contributed by atoms with Crippen LogP contribution in [-0.2, 0) is 19.6 Å². The maximum absolute atomic E-state index is 11.9. The summed E-state index contributed by atoms with van der Waals surface area (Å²) in [6, 6.07) is 6.01. The van der Waals surface area contributed by atoms with Crippen LogP contribution in [0.25, 0.3) is 0 Å². The first-order chi connectivity index (χ1) is 8.72. The van der Waals surface area contributed by atoms with Crippen LogP contribution in [0.3, 0.4) is 0 Å². The summed E-state index contributed by atoms with van der Waals surface area (Å²) >= 11 is 0. The Labute approximate surface area is 111 Å². The molecule has 0 heterocycles. The maximum atomic E-state index is 11.9. The van der Waals surface area contributed by atoms with E-state index in [2.05, 4.69) is 0 Å². The second-order valence-corrected chi connectivity index (χ2v) is 5.66. The predicted octanol–water partition coefficient (Wildman–Crippen LogP) is 0.232. The van der Waals surface area contributed by atoms with Gasteiger partial charge >= 0.3 is 0 Å². The van der Waals surface area contributed by atoms with Crippen LogP contribution in [0, 0.1) is 6.92 Å². The number of nitrogens with two attached hydrogens (primary N) is 1. The van der Waals surface area contributed by atoms with Crippen molar-refractivity contribution in [2.75, 3.05) is 0 Å². The Morgan fingerprint density at radius 2 is 1.74 bits per heavy atom. The van der Waals surface area contributed by atoms with Crippen molar-refractivity contribution < 1.29 is 18.0 Å². The summed E-state index contributed by atoms with van der Waals surface area (Å²) in [7, 11) is -3.95. The fraction of sp³-hybridized carbons (Fsp3) is 0.167. The van der Waals surface area contributed by atoms with E-state index >= 15 is 0 Å². The summed E-state index contributed by atoms with van der Waals surface area (Å²) in [5, 5.41) is 0. The predicted molar refractivity (Wildman–Crippen MR) is 69.5 cm³/mol. The topological polar surface area (TPSA) is 106 Å². The Hall–Kier alpha value is -2.15. The third-order valence-corrected chi connectivity index (χ3v) is 3.62. The molecule has 2 amide bonds. The lowest BCUT2D eigenvalue weighted by Crippen LogP contribution is -2.31. The van der Waals surface area contributed by atoms with Crippen LogP contribution in [0.5, 0.6) is 0 Å². The van der Waals surface area contributed by atoms with Gasteiger partial charge in [-0.3, -0.25) is 9.59 Å². The number of benzene rings is 1. The molecule has 0 aromatic heterocycles. The fourth-order valence-corrected chi connectivity index (χ4v) is 2.28. The van der Waals surface area contributed by atoms with Gasteiger partial charge in [-0.05, 0) is 26.0 Å². The summed E-state index contributed by atoms with van der Waals surface area (Å²) in [6.07, 6.45) is 0.861. The van der Waals surface area contributed by atoms with Gasteiger partial charge in [0.15, 0.2) is 0 Å². The highest BCUT2D eigenvalue weighted by molar-refractivity contribution is 7.90. The molecule has 6 nitrogen and oxygen atoms in total. The van der Waals surface area contributed by atoms with E-state index in [0.717, 1.165) is 11.6 Å². The van der Waals surface area contributed by atoms with Crippen molar-refractivity contribution in [1.82, 2.24) is 4.72 Å². The normalized spacial score (nSPS) is 12.0. The number of amides is 2. The highest BCUT2D eigenvalue weighted by Gasteiger charge is 2.18. The Bertz CT molecular complexity index is 630. The molecule has 0 radical (unpaired) electrons. The van der Waals surface area contributed by atoms with Gasteiger partial charge in [0.1, 0.15) is 0 Å². The molecule has 0 saturated carbocycles. The molecule has 1 rings (SSSR count). The number of primary amides is 1. The van der Waals surface area contributed by atoms with Crippen molar-refractivity contribution in [2.24, 2.45) is 5.73 Å². The van der Waals surface area contributed by atoms with E-state index in [0.29, 0.717) is 0 Å². The summed E-state index contributed by atoms with van der Waals surface area (Å²) in [6.45, 7) is 3.11. The van der Waals surface area contributed by atoms with Crippen LogP contribution in [-0.4, -0.2) is 20.2 Å². The van der Waals surface area contributed by atoms with E-state index in [1.54, 1.807) is 12.1 Å². The molecule has 0 aliphatic rings. The zero-order valence-electron chi connectivity index (χ0n) is 10.5. The van der Waals surface area contributed by atoms with Gasteiger partial charge < -0.3 is 5.73 Å². The van der Waals surface area contributed by atoms with Gasteiger partial charge in [0.25, 0.3) is 15.9 Å². The van der Waals surface area contributed by atoms with Crippen LogP contribution in [0.15, 0.2) is 40.8 Å². The van der Waals surface area contributed by atoms with Gasteiger partial charge in [0, 0.05) is 11.6 Å². The second-order valence-electron chi connectivity index (χ2n) is 3.98. The Morgan fingerprint density at radius 3 is 2.21 bits per heavy atom. The van der Waals surface area contributed by atoms with E-state index in [4.69, 9.17) is 5.73 Å². The molecule has 0 aliphatic heterocycles. The van der Waals surface area contributed by atoms with Gasteiger partial charge in [0.2, 0.25) is 5.91 Å². The molecule has 0 fully saturated rings. The first kappa shape index (κ1) is 14.9. The molecule has 0 atom stereocenters. The van der Waals surface area contributed by atoms with E-state index in [9.17, 15) is 18.0 Å². The molecule has 19 heavy (non-hydrogen) atoms. The molecule has 0 aliphatic carbocycles. The third kappa shape index (κ3) is 4.22. The van der Waals surface area contributed by atoms with Gasteiger partial charge in [-0.25, -0.2) is 13.1 Å². The number of sulfonamides is 1. The highest BCUT2D eigenvalue weighted by Crippen LogP contribution is 2.10. The number of aryl methyl sites for hydroxylation is 1. The quantitative estimate of drug-likeness (QED) is 0.771. The van der Waals surface area contributed by atoms with Crippen molar-refractivity contribution in [2.45, 2.75) is 18.7 Å². The Morgan fingerprint density at radius 1 is 1.21 bits per heavy atom. The molecule has 7 heteroatoms. The molecule has 0 unspecified atom stereocenters. The highest BCUT2D eigenvalue weighted by atomic mass is 32.2. The number of hydrogen-bond acceptors (Lipinski definition) is 4. The summed E-state index contributed by atoms with van der Waals surface area (Å²) in [5.74, 6) is -1.71. The number of rotatable bonds is 4. The molecule has 0 spiro atoms. The number of nitrogens with one attached hydrogen (secondary N) is 1. The van der Waals surface area contributed by atoms with Crippen molar-refractivity contribution in [1.29, 1.82) is 0 Å². The van der Waals surface area contributed by atoms with E-state index in [1.165, 1.54) is 19.1 Å². The molecular weight excluding hydrogens is 268 g/mol. The van der Waals surface area contributed by atoms with E-state index < -0.39 is 21.8 Å². The summed E-state index contributed by atoms with van der Waals surface area (Å²) < 4.78 is 25.6. The first-order valence-electron chi connectivity index (χ1n) is 5.34. The van der Waals surface area contributed by atoms with Crippen molar-refractivity contribution in [3.63, 3.8) is 0 Å². The van der Waals surface area contributed by atoms with Crippen molar-refractivity contribution in [3.05, 3.63) is 41.5 Å². The summed E-state index contributed by atoms with van der Waals surface area (Å²) in [5.41, 5.74) is 5.70. The molecule has 0 bridgehead atoms. The van der Waals surface area contributed by atoms with E-state index in [1.807, 2.05) is 11.6 Å². The van der Waals surface area contributed by atoms with Gasteiger partial charge in [0.05, 0.1) is 4.90 Å².